The Morgan fingerprint density at radius 2 is 2.03 bits per heavy atom. The molecule has 0 amide bonds. The lowest BCUT2D eigenvalue weighted by atomic mass is 9.79. The minimum atomic E-state index is -0.337. The molecule has 1 fully saturated rings. The molecule has 3 unspecified atom stereocenters. The Bertz CT molecular complexity index is 1150. The molecular formula is C27H40N6O2. The number of nitrogens with zero attached hydrogens (tertiary/aromatic N) is 5. The first kappa shape index (κ1) is 24.9. The number of fused-ring (bicyclic) bond motifs is 2. The zero-order valence-electron chi connectivity index (χ0n) is 21.6. The van der Waals surface area contributed by atoms with Gasteiger partial charge in [0, 0.05) is 19.5 Å². The Morgan fingerprint density at radius 1 is 1.26 bits per heavy atom. The standard InChI is InChI=1S/C27H38N6O2.H2/c1-7-26(5,30-31-28-6)27-13-12-22(16-20(27)18-27)35-15-9-8-14-34-21-10-11-23-24(17-21)33(32-29-23)19-25(2,3)4;/h7,10-13,16-17,20H,1,8-9,14-15,18-19H2,2-6H3,(H,28,30);1H. The van der Waals surface area contributed by atoms with E-state index in [1.165, 1.54) is 0 Å². The molecule has 35 heavy (non-hydrogen) atoms. The first-order valence-corrected chi connectivity index (χ1v) is 12.4. The molecule has 2 aromatic rings. The molecule has 1 heterocycles. The summed E-state index contributed by atoms with van der Waals surface area (Å²) in [6, 6.07) is 5.96. The van der Waals surface area contributed by atoms with Gasteiger partial charge in [-0.1, -0.05) is 43.4 Å². The van der Waals surface area contributed by atoms with E-state index >= 15 is 0 Å². The largest absolute Gasteiger partial charge is 0.494 e. The quantitative estimate of drug-likeness (QED) is 0.177. The Hall–Kier alpha value is -3.16. The van der Waals surface area contributed by atoms with E-state index in [0.29, 0.717) is 19.1 Å². The van der Waals surface area contributed by atoms with Crippen LogP contribution < -0.4 is 10.2 Å². The molecule has 4 rings (SSSR count). The fraction of sp³-hybridized carbons (Fsp3) is 0.556. The van der Waals surface area contributed by atoms with Gasteiger partial charge in [0.25, 0.3) is 0 Å². The first-order valence-electron chi connectivity index (χ1n) is 12.4. The third-order valence-electron chi connectivity index (χ3n) is 6.91. The van der Waals surface area contributed by atoms with Gasteiger partial charge in [-0.3, -0.25) is 5.43 Å². The highest BCUT2D eigenvalue weighted by molar-refractivity contribution is 5.76. The molecule has 0 bridgehead atoms. The van der Waals surface area contributed by atoms with E-state index in [1.807, 2.05) is 29.0 Å². The molecule has 1 aromatic carbocycles. The number of allylic oxidation sites excluding steroid dienone is 2. The van der Waals surface area contributed by atoms with Gasteiger partial charge in [-0.05, 0) is 61.8 Å². The van der Waals surface area contributed by atoms with Crippen molar-refractivity contribution in [2.75, 3.05) is 20.3 Å². The highest BCUT2D eigenvalue weighted by Crippen LogP contribution is 2.63. The summed E-state index contributed by atoms with van der Waals surface area (Å²) in [7, 11) is 1.66. The first-order chi connectivity index (χ1) is 16.7. The third-order valence-corrected chi connectivity index (χ3v) is 6.91. The molecule has 0 radical (unpaired) electrons. The Kier molecular flexibility index (Phi) is 7.01. The van der Waals surface area contributed by atoms with E-state index in [0.717, 1.165) is 48.3 Å². The average Bonchev–Trinajstić information content (AvgIpc) is 3.46. The number of rotatable bonds is 12. The summed E-state index contributed by atoms with van der Waals surface area (Å²) in [5, 5.41) is 16.4. The highest BCUT2D eigenvalue weighted by Gasteiger charge is 2.62. The van der Waals surface area contributed by atoms with E-state index in [9.17, 15) is 0 Å². The molecule has 8 nitrogen and oxygen atoms in total. The van der Waals surface area contributed by atoms with Gasteiger partial charge in [0.05, 0.1) is 31.3 Å². The number of nitrogens with one attached hydrogen (secondary N) is 1. The molecule has 3 atom stereocenters. The van der Waals surface area contributed by atoms with Gasteiger partial charge < -0.3 is 9.47 Å². The molecular weight excluding hydrogens is 440 g/mol. The third kappa shape index (κ3) is 5.41. The van der Waals surface area contributed by atoms with Crippen LogP contribution in [0.1, 0.15) is 48.4 Å². The van der Waals surface area contributed by atoms with Crippen LogP contribution >= 0.6 is 0 Å². The van der Waals surface area contributed by atoms with Gasteiger partial charge in [-0.25, -0.2) is 4.68 Å². The van der Waals surface area contributed by atoms with Crippen molar-refractivity contribution >= 4 is 11.0 Å². The summed E-state index contributed by atoms with van der Waals surface area (Å²) in [6.45, 7) is 14.8. The molecule has 0 spiro atoms. The van der Waals surface area contributed by atoms with Crippen LogP contribution in [0.4, 0.5) is 0 Å². The van der Waals surface area contributed by atoms with Crippen molar-refractivity contribution in [3.63, 3.8) is 0 Å². The number of ether oxygens (including phenoxy) is 2. The molecule has 190 valence electrons. The summed E-state index contributed by atoms with van der Waals surface area (Å²) in [6.07, 6.45) is 11.4. The van der Waals surface area contributed by atoms with Gasteiger partial charge in [-0.2, -0.15) is 5.11 Å². The molecule has 1 saturated carbocycles. The molecule has 2 aliphatic carbocycles. The molecule has 2 aliphatic rings. The summed E-state index contributed by atoms with van der Waals surface area (Å²) in [4.78, 5) is 0. The Balaban J connectivity index is 0.00000361. The smallest absolute Gasteiger partial charge is 0.121 e. The zero-order chi connectivity index (χ0) is 25.1. The predicted octanol–water partition coefficient (Wildman–Crippen LogP) is 5.89. The topological polar surface area (TPSA) is 85.9 Å². The van der Waals surface area contributed by atoms with Gasteiger partial charge in [0.15, 0.2) is 0 Å². The average molecular weight is 481 g/mol. The van der Waals surface area contributed by atoms with Crippen molar-refractivity contribution in [3.05, 3.63) is 54.8 Å². The fourth-order valence-corrected chi connectivity index (χ4v) is 4.73. The van der Waals surface area contributed by atoms with Crippen molar-refractivity contribution in [1.29, 1.82) is 0 Å². The van der Waals surface area contributed by atoms with Crippen LogP contribution in [-0.2, 0) is 11.3 Å². The van der Waals surface area contributed by atoms with Crippen molar-refractivity contribution in [2.45, 2.75) is 59.0 Å². The fourth-order valence-electron chi connectivity index (χ4n) is 4.73. The van der Waals surface area contributed by atoms with Crippen molar-refractivity contribution in [1.82, 2.24) is 20.4 Å². The summed E-state index contributed by atoms with van der Waals surface area (Å²) >= 11 is 0. The van der Waals surface area contributed by atoms with Crippen LogP contribution in [0.5, 0.6) is 5.75 Å². The second-order valence-electron chi connectivity index (χ2n) is 10.9. The maximum atomic E-state index is 6.02. The molecule has 0 aliphatic heterocycles. The van der Waals surface area contributed by atoms with E-state index < -0.39 is 0 Å². The van der Waals surface area contributed by atoms with Crippen LogP contribution in [0.25, 0.3) is 11.0 Å². The maximum Gasteiger partial charge on any atom is 0.121 e. The van der Waals surface area contributed by atoms with Crippen molar-refractivity contribution in [3.8, 4) is 5.75 Å². The monoisotopic (exact) mass is 480 g/mol. The second-order valence-corrected chi connectivity index (χ2v) is 10.9. The molecule has 8 heteroatoms. The van der Waals surface area contributed by atoms with Gasteiger partial charge in [0.2, 0.25) is 0 Å². The van der Waals surface area contributed by atoms with Gasteiger partial charge in [0.1, 0.15) is 17.0 Å². The minimum Gasteiger partial charge on any atom is -0.494 e. The van der Waals surface area contributed by atoms with E-state index in [-0.39, 0.29) is 17.8 Å². The van der Waals surface area contributed by atoms with Crippen molar-refractivity contribution in [2.24, 2.45) is 27.1 Å². The molecule has 1 N–H and O–H groups in total. The number of benzene rings is 1. The normalized spacial score (nSPS) is 23.0. The van der Waals surface area contributed by atoms with Crippen molar-refractivity contribution < 1.29 is 10.9 Å². The van der Waals surface area contributed by atoms with E-state index in [4.69, 9.17) is 9.47 Å². The lowest BCUT2D eigenvalue weighted by Crippen LogP contribution is -2.46. The van der Waals surface area contributed by atoms with Crippen LogP contribution in [0.2, 0.25) is 0 Å². The minimum absolute atomic E-state index is 0. The second kappa shape index (κ2) is 9.84. The maximum absolute atomic E-state index is 6.02. The van der Waals surface area contributed by atoms with E-state index in [2.05, 4.69) is 78.6 Å². The van der Waals surface area contributed by atoms with E-state index in [1.54, 1.807) is 7.05 Å². The van der Waals surface area contributed by atoms with Gasteiger partial charge >= 0.3 is 0 Å². The molecule has 0 saturated heterocycles. The van der Waals surface area contributed by atoms with Crippen LogP contribution in [0, 0.1) is 16.7 Å². The summed E-state index contributed by atoms with van der Waals surface area (Å²) in [5.74, 6) is 2.21. The number of hydrogen-bond donors (Lipinski definition) is 1. The zero-order valence-corrected chi connectivity index (χ0v) is 21.6. The summed E-state index contributed by atoms with van der Waals surface area (Å²) in [5.41, 5.74) is 4.84. The highest BCUT2D eigenvalue weighted by atomic mass is 16.5. The van der Waals surface area contributed by atoms with Gasteiger partial charge in [-0.15, -0.1) is 11.7 Å². The lowest BCUT2D eigenvalue weighted by Gasteiger charge is -2.34. The van der Waals surface area contributed by atoms with Crippen LogP contribution in [0.3, 0.4) is 0 Å². The number of unbranched alkanes of at least 4 members (excludes halogenated alkanes) is 1. The molecule has 1 aromatic heterocycles. The Morgan fingerprint density at radius 3 is 2.71 bits per heavy atom. The SMILES string of the molecule is C=CC(C)(NN=NC)C12C=CC(OCCCCOc3ccc4nnn(CC(C)(C)C)c4c3)=CC1C2.[HH]. The van der Waals surface area contributed by atoms with Crippen LogP contribution in [-0.4, -0.2) is 40.8 Å². The Labute approximate surface area is 209 Å². The summed E-state index contributed by atoms with van der Waals surface area (Å²) < 4.78 is 14.0. The number of hydrogen-bond acceptors (Lipinski definition) is 6. The predicted molar refractivity (Wildman–Crippen MR) is 140 cm³/mol. The van der Waals surface area contributed by atoms with Crippen LogP contribution in [0.15, 0.2) is 65.2 Å². The number of aromatic nitrogens is 3. The lowest BCUT2D eigenvalue weighted by molar-refractivity contribution is 0.200.